The van der Waals surface area contributed by atoms with Crippen molar-refractivity contribution in [2.75, 3.05) is 26.7 Å². The van der Waals surface area contributed by atoms with Crippen LogP contribution in [0.5, 0.6) is 5.75 Å². The number of rotatable bonds is 9. The number of alkyl halides is 5. The van der Waals surface area contributed by atoms with Gasteiger partial charge in [-0.05, 0) is 93.7 Å². The van der Waals surface area contributed by atoms with Crippen molar-refractivity contribution in [2.24, 2.45) is 0 Å². The smallest absolute Gasteiger partial charge is 0.420 e. The average molecular weight is 685 g/mol. The molecule has 7 rings (SSSR count). The van der Waals surface area contributed by atoms with Gasteiger partial charge in [0.05, 0.1) is 7.11 Å². The molecule has 5 aromatic rings. The monoisotopic (exact) mass is 684 g/mol. The second-order valence-electron chi connectivity index (χ2n) is 12.4. The number of nitrogens with zero attached hydrogens (tertiary/aromatic N) is 4. The van der Waals surface area contributed by atoms with Gasteiger partial charge in [0.1, 0.15) is 28.4 Å². The van der Waals surface area contributed by atoms with Crippen molar-refractivity contribution < 1.29 is 45.1 Å². The minimum absolute atomic E-state index is 0.00922. The van der Waals surface area contributed by atoms with Crippen LogP contribution in [0.4, 0.5) is 22.0 Å². The molecule has 0 amide bonds. The minimum atomic E-state index is -4.65. The predicted octanol–water partition coefficient (Wildman–Crippen LogP) is 7.96. The van der Waals surface area contributed by atoms with Gasteiger partial charge in [-0.15, -0.1) is 0 Å². The van der Waals surface area contributed by atoms with Crippen molar-refractivity contribution >= 4 is 28.2 Å². The number of fused-ring (bicyclic) bond motifs is 2. The van der Waals surface area contributed by atoms with Crippen LogP contribution in [0.3, 0.4) is 0 Å². The maximum Gasteiger partial charge on any atom is 0.420 e. The number of likely N-dealkylation sites (tertiary alicyclic amines) is 2. The molecule has 0 aliphatic carbocycles. The second kappa shape index (κ2) is 13.0. The van der Waals surface area contributed by atoms with Crippen LogP contribution in [0.25, 0.3) is 45.1 Å². The fourth-order valence-electron chi connectivity index (χ4n) is 6.89. The van der Waals surface area contributed by atoms with Gasteiger partial charge >= 0.3 is 18.8 Å². The number of aromatic nitrogens is 2. The number of benzene rings is 3. The zero-order valence-corrected chi connectivity index (χ0v) is 26.8. The van der Waals surface area contributed by atoms with E-state index in [1.165, 1.54) is 13.2 Å². The molecule has 2 aromatic heterocycles. The lowest BCUT2D eigenvalue weighted by molar-refractivity contribution is -0.146. The number of oxazole rings is 2. The number of hydrogen-bond acceptors (Lipinski definition) is 9. The van der Waals surface area contributed by atoms with Gasteiger partial charge in [-0.2, -0.15) is 22.0 Å². The Hall–Kier alpha value is -4.56. The molecule has 0 N–H and O–H groups in total. The Morgan fingerprint density at radius 3 is 2.37 bits per heavy atom. The first kappa shape index (κ1) is 33.0. The highest BCUT2D eigenvalue weighted by Crippen LogP contribution is 2.40. The zero-order valence-electron chi connectivity index (χ0n) is 26.8. The summed E-state index contributed by atoms with van der Waals surface area (Å²) in [6.45, 7) is 1.42. The van der Waals surface area contributed by atoms with Crippen LogP contribution in [0.1, 0.15) is 47.9 Å². The molecule has 0 radical (unpaired) electrons. The molecule has 2 fully saturated rings. The number of carbonyl (C=O) groups excluding carboxylic acids is 1. The Labute approximate surface area is 277 Å². The highest BCUT2D eigenvalue weighted by atomic mass is 19.4. The van der Waals surface area contributed by atoms with Crippen LogP contribution in [0.2, 0.25) is 0 Å². The zero-order chi connectivity index (χ0) is 34.4. The van der Waals surface area contributed by atoms with Crippen molar-refractivity contribution in [1.82, 2.24) is 19.8 Å². The van der Waals surface area contributed by atoms with E-state index in [-0.39, 0.29) is 40.8 Å². The van der Waals surface area contributed by atoms with Crippen LogP contribution in [0, 0.1) is 6.92 Å². The molecule has 258 valence electrons. The van der Waals surface area contributed by atoms with Crippen LogP contribution >= 0.6 is 0 Å². The molecule has 1 atom stereocenters. The van der Waals surface area contributed by atoms with Crippen LogP contribution in [0.15, 0.2) is 51.3 Å². The summed E-state index contributed by atoms with van der Waals surface area (Å²) in [6, 6.07) is 10.3. The Bertz CT molecular complexity index is 2020. The highest BCUT2D eigenvalue weighted by Gasteiger charge is 2.36. The molecule has 14 heteroatoms. The van der Waals surface area contributed by atoms with E-state index in [2.05, 4.69) is 14.9 Å². The van der Waals surface area contributed by atoms with Crippen molar-refractivity contribution in [1.29, 1.82) is 0 Å². The van der Waals surface area contributed by atoms with E-state index in [1.54, 1.807) is 37.3 Å². The summed E-state index contributed by atoms with van der Waals surface area (Å²) in [4.78, 5) is 25.4. The maximum atomic E-state index is 14.2. The molecule has 2 saturated heterocycles. The normalized spacial score (nSPS) is 17.6. The van der Waals surface area contributed by atoms with Gasteiger partial charge in [0.15, 0.2) is 11.2 Å². The molecule has 0 spiro atoms. The van der Waals surface area contributed by atoms with E-state index in [4.69, 9.17) is 18.3 Å². The summed E-state index contributed by atoms with van der Waals surface area (Å²) in [6.07, 6.45) is -1.29. The summed E-state index contributed by atoms with van der Waals surface area (Å²) in [5.74, 6) is -0.342. The Morgan fingerprint density at radius 2 is 1.67 bits per heavy atom. The second-order valence-corrected chi connectivity index (χ2v) is 12.4. The summed E-state index contributed by atoms with van der Waals surface area (Å²) in [7, 11) is 1.31. The standard InChI is InChI=1S/C35H33F5N4O5/c1-19-22(31-41-25-15-21(28(48-34(36)37)16-29(25)47-31)18-44-12-6-9-27(44)33(45)46-2)7-5-8-23(19)32-42-26-14-20(17-43-10-3-4-11-43)13-24(30(26)49-32)35(38,39)40/h5,7-8,13-16,27,34H,3-4,6,9-12,17-18H2,1-2H3/t27-/m0/s1. The number of halogens is 5. The SMILES string of the molecule is COC(=O)[C@@H]1CCCN1Cc1cc2nc(-c3cccc(-c4nc5cc(CN6CCCC6)cc(C(F)(F)F)c5o4)c3C)oc2cc1OC(F)F. The molecule has 0 saturated carbocycles. The topological polar surface area (TPSA) is 94.1 Å². The Morgan fingerprint density at radius 1 is 0.959 bits per heavy atom. The van der Waals surface area contributed by atoms with Gasteiger partial charge in [0.2, 0.25) is 11.8 Å². The number of hydrogen-bond donors (Lipinski definition) is 0. The molecule has 0 unspecified atom stereocenters. The molecule has 2 aliphatic rings. The van der Waals surface area contributed by atoms with Gasteiger partial charge in [-0.3, -0.25) is 14.6 Å². The van der Waals surface area contributed by atoms with Gasteiger partial charge in [0.25, 0.3) is 0 Å². The predicted molar refractivity (Wildman–Crippen MR) is 169 cm³/mol. The molecule has 0 bridgehead atoms. The summed E-state index contributed by atoms with van der Waals surface area (Å²) in [5, 5.41) is 0. The van der Waals surface area contributed by atoms with E-state index >= 15 is 0 Å². The van der Waals surface area contributed by atoms with Gasteiger partial charge in [-0.25, -0.2) is 9.97 Å². The van der Waals surface area contributed by atoms with Crippen molar-refractivity contribution in [3.63, 3.8) is 0 Å². The van der Waals surface area contributed by atoms with E-state index < -0.39 is 30.4 Å². The molecule has 3 aromatic carbocycles. The van der Waals surface area contributed by atoms with Gasteiger partial charge in [-0.1, -0.05) is 6.07 Å². The molecule has 49 heavy (non-hydrogen) atoms. The van der Waals surface area contributed by atoms with Gasteiger partial charge < -0.3 is 18.3 Å². The Balaban J connectivity index is 1.25. The number of carbonyl (C=O) groups is 1. The number of esters is 1. The lowest BCUT2D eigenvalue weighted by Crippen LogP contribution is -2.36. The van der Waals surface area contributed by atoms with E-state index in [1.807, 2.05) is 4.90 Å². The Kier molecular flexibility index (Phi) is 8.78. The lowest BCUT2D eigenvalue weighted by atomic mass is 10.0. The summed E-state index contributed by atoms with van der Waals surface area (Å²) < 4.78 is 91.1. The molecular formula is C35H33F5N4O5. The fraction of sp³-hybridized carbons (Fsp3) is 0.400. The summed E-state index contributed by atoms with van der Waals surface area (Å²) >= 11 is 0. The van der Waals surface area contributed by atoms with E-state index in [9.17, 15) is 26.7 Å². The lowest BCUT2D eigenvalue weighted by Gasteiger charge is -2.23. The van der Waals surface area contributed by atoms with Crippen molar-refractivity contribution in [2.45, 2.75) is 64.5 Å². The molecule has 2 aliphatic heterocycles. The first-order chi connectivity index (χ1) is 23.5. The minimum Gasteiger partial charge on any atom is -0.468 e. The molecular weight excluding hydrogens is 651 g/mol. The van der Waals surface area contributed by atoms with Gasteiger partial charge in [0, 0.05) is 35.8 Å². The first-order valence-electron chi connectivity index (χ1n) is 16.0. The quantitative estimate of drug-likeness (QED) is 0.113. The van der Waals surface area contributed by atoms with E-state index in [0.29, 0.717) is 52.8 Å². The van der Waals surface area contributed by atoms with Crippen LogP contribution in [-0.4, -0.2) is 65.1 Å². The highest BCUT2D eigenvalue weighted by molar-refractivity contribution is 5.84. The molecule has 4 heterocycles. The van der Waals surface area contributed by atoms with Crippen molar-refractivity contribution in [3.8, 4) is 28.7 Å². The largest absolute Gasteiger partial charge is 0.468 e. The van der Waals surface area contributed by atoms with Crippen molar-refractivity contribution in [3.05, 3.63) is 64.7 Å². The third kappa shape index (κ3) is 6.58. The third-order valence-electron chi connectivity index (χ3n) is 9.25. The van der Waals surface area contributed by atoms with E-state index in [0.717, 1.165) is 38.4 Å². The maximum absolute atomic E-state index is 14.2. The number of ether oxygens (including phenoxy) is 2. The third-order valence-corrected chi connectivity index (χ3v) is 9.25. The molecule has 9 nitrogen and oxygen atoms in total. The summed E-state index contributed by atoms with van der Waals surface area (Å²) in [5.41, 5.74) is 1.87. The fourth-order valence-corrected chi connectivity index (χ4v) is 6.89. The average Bonchev–Trinajstić information content (AvgIpc) is 3.87. The number of methoxy groups -OCH3 is 1. The van der Waals surface area contributed by atoms with Crippen LogP contribution < -0.4 is 4.74 Å². The van der Waals surface area contributed by atoms with Crippen LogP contribution in [-0.2, 0) is 28.8 Å². The first-order valence-corrected chi connectivity index (χ1v) is 16.0.